The molecule has 0 aromatic heterocycles. The number of ether oxygens (including phenoxy) is 2. The Morgan fingerprint density at radius 2 is 1.20 bits per heavy atom. The largest absolute Gasteiger partial charge is 0.508 e. The summed E-state index contributed by atoms with van der Waals surface area (Å²) in [4.78, 5) is 27.8. The van der Waals surface area contributed by atoms with Gasteiger partial charge in [0.25, 0.3) is 0 Å². The number of hydrogen-bond donors (Lipinski definition) is 2. The monoisotopic (exact) mass is 609 g/mol. The van der Waals surface area contributed by atoms with Crippen molar-refractivity contribution in [1.29, 1.82) is 0 Å². The molecule has 44 heavy (non-hydrogen) atoms. The van der Waals surface area contributed by atoms with E-state index in [1.54, 1.807) is 12.1 Å². The second-order valence-corrected chi connectivity index (χ2v) is 15.7. The molecule has 0 unspecified atom stereocenters. The van der Waals surface area contributed by atoms with Crippen molar-refractivity contribution in [3.63, 3.8) is 0 Å². The maximum absolute atomic E-state index is 12.9. The zero-order valence-corrected chi connectivity index (χ0v) is 28.7. The van der Waals surface area contributed by atoms with E-state index in [2.05, 4.69) is 74.1 Å². The first-order valence-corrected chi connectivity index (χ1v) is 16.0. The van der Waals surface area contributed by atoms with Crippen LogP contribution in [0.4, 0.5) is 0 Å². The molecule has 1 aliphatic rings. The fraction of sp³-hybridized carbons (Fsp3) is 0.622. The van der Waals surface area contributed by atoms with E-state index in [1.807, 2.05) is 24.3 Å². The summed E-state index contributed by atoms with van der Waals surface area (Å²) in [5, 5.41) is 20.5. The highest BCUT2D eigenvalue weighted by molar-refractivity contribution is 5.70. The van der Waals surface area contributed by atoms with E-state index < -0.39 is 0 Å². The van der Waals surface area contributed by atoms with Crippen LogP contribution in [0.5, 0.6) is 11.5 Å². The van der Waals surface area contributed by atoms with Crippen molar-refractivity contribution < 1.29 is 29.3 Å². The zero-order chi connectivity index (χ0) is 33.1. The lowest BCUT2D eigenvalue weighted by molar-refractivity contribution is -0.163. The SMILES string of the molecule is CC(C)(C)c1cc(CCC(=O)OCCN2C(C)(C)CC(OC(=O)CCc3ccc(O)c(C(C)(C)C)c3)CC2(C)C)ccc1O. The molecule has 7 nitrogen and oxygen atoms in total. The third kappa shape index (κ3) is 9.47. The molecule has 1 saturated heterocycles. The van der Waals surface area contributed by atoms with Crippen LogP contribution in [0.2, 0.25) is 0 Å². The number of rotatable bonds is 10. The van der Waals surface area contributed by atoms with Gasteiger partial charge in [-0.2, -0.15) is 0 Å². The predicted molar refractivity (Wildman–Crippen MR) is 175 cm³/mol. The smallest absolute Gasteiger partial charge is 0.306 e. The van der Waals surface area contributed by atoms with E-state index in [9.17, 15) is 19.8 Å². The average Bonchev–Trinajstić information content (AvgIpc) is 2.87. The van der Waals surface area contributed by atoms with Gasteiger partial charge in [0.05, 0.1) is 0 Å². The van der Waals surface area contributed by atoms with Gasteiger partial charge in [-0.25, -0.2) is 0 Å². The minimum Gasteiger partial charge on any atom is -0.508 e. The second kappa shape index (κ2) is 13.5. The van der Waals surface area contributed by atoms with E-state index >= 15 is 0 Å². The van der Waals surface area contributed by atoms with E-state index in [-0.39, 0.29) is 64.3 Å². The number of aryl methyl sites for hydroxylation is 2. The molecule has 0 spiro atoms. The van der Waals surface area contributed by atoms with Gasteiger partial charge in [0.2, 0.25) is 0 Å². The number of phenolic OH excluding ortho intramolecular Hbond substituents is 2. The molecule has 7 heteroatoms. The molecule has 0 aliphatic carbocycles. The first-order chi connectivity index (χ1) is 20.2. The van der Waals surface area contributed by atoms with Crippen molar-refractivity contribution in [2.45, 2.75) is 136 Å². The van der Waals surface area contributed by atoms with Gasteiger partial charge in [0, 0.05) is 43.3 Å². The Morgan fingerprint density at radius 1 is 0.773 bits per heavy atom. The summed E-state index contributed by atoms with van der Waals surface area (Å²) < 4.78 is 11.6. The summed E-state index contributed by atoms with van der Waals surface area (Å²) in [6.45, 7) is 21.8. The molecule has 0 amide bonds. The molecular formula is C37H55NO6. The Bertz CT molecular complexity index is 1300. The van der Waals surface area contributed by atoms with Crippen LogP contribution in [0.25, 0.3) is 0 Å². The Kier molecular flexibility index (Phi) is 10.9. The van der Waals surface area contributed by atoms with Crippen LogP contribution in [-0.2, 0) is 42.7 Å². The standard InChI is InChI=1S/C37H55NO6/c1-34(2,3)28-21-25(11-15-30(28)39)13-17-32(41)43-20-19-38-36(7,8)23-27(24-37(38,9)10)44-33(42)18-14-26-12-16-31(40)29(22-26)35(4,5)6/h11-12,15-16,21-22,27,39-40H,13-14,17-20,23-24H2,1-10H3. The van der Waals surface area contributed by atoms with Crippen molar-refractivity contribution >= 4 is 11.9 Å². The maximum atomic E-state index is 12.9. The van der Waals surface area contributed by atoms with Crippen molar-refractivity contribution in [1.82, 2.24) is 4.90 Å². The van der Waals surface area contributed by atoms with E-state index in [1.165, 1.54) is 0 Å². The molecule has 244 valence electrons. The molecule has 0 bridgehead atoms. The zero-order valence-electron chi connectivity index (χ0n) is 28.7. The number of aromatic hydroxyl groups is 2. The number of carbonyl (C=O) groups is 2. The fourth-order valence-corrected chi connectivity index (χ4v) is 6.65. The minimum absolute atomic E-state index is 0.184. The molecule has 2 aromatic carbocycles. The number of nitrogens with zero attached hydrogens (tertiary/aromatic N) is 1. The Labute approximate surface area is 265 Å². The highest BCUT2D eigenvalue weighted by Crippen LogP contribution is 2.40. The Morgan fingerprint density at radius 3 is 1.64 bits per heavy atom. The first-order valence-electron chi connectivity index (χ1n) is 16.0. The molecule has 1 fully saturated rings. The van der Waals surface area contributed by atoms with Crippen LogP contribution in [0.15, 0.2) is 36.4 Å². The van der Waals surface area contributed by atoms with Crippen molar-refractivity contribution in [2.24, 2.45) is 0 Å². The first kappa shape index (κ1) is 35.4. The number of likely N-dealkylation sites (tertiary alicyclic amines) is 1. The van der Waals surface area contributed by atoms with Gasteiger partial charge in [-0.15, -0.1) is 0 Å². The quantitative estimate of drug-likeness (QED) is 0.272. The normalized spacial score (nSPS) is 17.3. The van der Waals surface area contributed by atoms with Crippen LogP contribution in [0, 0.1) is 0 Å². The molecular weight excluding hydrogens is 554 g/mol. The summed E-state index contributed by atoms with van der Waals surface area (Å²) in [5.41, 5.74) is 2.87. The molecule has 1 heterocycles. The molecule has 3 rings (SSSR count). The van der Waals surface area contributed by atoms with Gasteiger partial charge in [0.15, 0.2) is 0 Å². The molecule has 2 N–H and O–H groups in total. The van der Waals surface area contributed by atoms with Crippen molar-refractivity contribution in [3.8, 4) is 11.5 Å². The minimum atomic E-state index is -0.257. The average molecular weight is 610 g/mol. The van der Waals surface area contributed by atoms with Crippen LogP contribution >= 0.6 is 0 Å². The van der Waals surface area contributed by atoms with Crippen molar-refractivity contribution in [3.05, 3.63) is 58.7 Å². The van der Waals surface area contributed by atoms with Crippen molar-refractivity contribution in [2.75, 3.05) is 13.2 Å². The number of phenols is 2. The Hall–Kier alpha value is -3.06. The summed E-state index contributed by atoms with van der Waals surface area (Å²) in [5.74, 6) is 0.102. The third-order valence-corrected chi connectivity index (χ3v) is 8.77. The lowest BCUT2D eigenvalue weighted by Gasteiger charge is -2.54. The highest BCUT2D eigenvalue weighted by Gasteiger charge is 2.46. The summed E-state index contributed by atoms with van der Waals surface area (Å²) in [7, 11) is 0. The molecule has 0 saturated carbocycles. The third-order valence-electron chi connectivity index (χ3n) is 8.77. The summed E-state index contributed by atoms with van der Waals surface area (Å²) in [6.07, 6.45) is 2.87. The number of esters is 2. The maximum Gasteiger partial charge on any atom is 0.306 e. The molecule has 0 radical (unpaired) electrons. The molecule has 1 aliphatic heterocycles. The van der Waals surface area contributed by atoms with Crippen LogP contribution in [0.3, 0.4) is 0 Å². The van der Waals surface area contributed by atoms with Gasteiger partial charge >= 0.3 is 11.9 Å². The molecule has 0 atom stereocenters. The summed E-state index contributed by atoms with van der Waals surface area (Å²) >= 11 is 0. The predicted octanol–water partition coefficient (Wildman–Crippen LogP) is 7.37. The van der Waals surface area contributed by atoms with Gasteiger partial charge < -0.3 is 19.7 Å². The van der Waals surface area contributed by atoms with E-state index in [0.29, 0.717) is 38.8 Å². The number of benzene rings is 2. The lowest BCUT2D eigenvalue weighted by Crippen LogP contribution is -2.63. The van der Waals surface area contributed by atoms with Gasteiger partial charge in [-0.05, 0) is 85.8 Å². The van der Waals surface area contributed by atoms with Gasteiger partial charge in [-0.3, -0.25) is 14.5 Å². The Balaban J connectivity index is 1.49. The molecule has 2 aromatic rings. The van der Waals surface area contributed by atoms with Crippen LogP contribution < -0.4 is 0 Å². The highest BCUT2D eigenvalue weighted by atomic mass is 16.5. The number of carbonyl (C=O) groups excluding carboxylic acids is 2. The summed E-state index contributed by atoms with van der Waals surface area (Å²) in [6, 6.07) is 11.1. The van der Waals surface area contributed by atoms with Crippen LogP contribution in [-0.4, -0.2) is 57.4 Å². The van der Waals surface area contributed by atoms with Gasteiger partial charge in [-0.1, -0.05) is 65.8 Å². The van der Waals surface area contributed by atoms with E-state index in [0.717, 1.165) is 22.3 Å². The number of hydrogen-bond acceptors (Lipinski definition) is 7. The topological polar surface area (TPSA) is 96.3 Å². The fourth-order valence-electron chi connectivity index (χ4n) is 6.65. The van der Waals surface area contributed by atoms with Gasteiger partial charge in [0.1, 0.15) is 24.2 Å². The number of piperidine rings is 1. The van der Waals surface area contributed by atoms with E-state index in [4.69, 9.17) is 9.47 Å². The second-order valence-electron chi connectivity index (χ2n) is 15.7. The lowest BCUT2D eigenvalue weighted by atomic mass is 9.78. The van der Waals surface area contributed by atoms with Crippen LogP contribution in [0.1, 0.15) is 117 Å².